The van der Waals surface area contributed by atoms with Gasteiger partial charge in [0, 0.05) is 17.8 Å². The van der Waals surface area contributed by atoms with Crippen molar-refractivity contribution >= 4 is 0 Å². The van der Waals surface area contributed by atoms with Gasteiger partial charge in [-0.1, -0.05) is 25.8 Å². The van der Waals surface area contributed by atoms with E-state index in [2.05, 4.69) is 18.0 Å². The molecule has 15 heavy (non-hydrogen) atoms. The number of rotatable bonds is 4. The predicted octanol–water partition coefficient (Wildman–Crippen LogP) is 3.14. The molecule has 1 saturated carbocycles. The minimum atomic E-state index is 0.409. The fourth-order valence-corrected chi connectivity index (χ4v) is 2.09. The van der Waals surface area contributed by atoms with Crippen molar-refractivity contribution in [2.75, 3.05) is 6.61 Å². The maximum atomic E-state index is 5.88. The summed E-state index contributed by atoms with van der Waals surface area (Å²) in [4.78, 5) is 4.34. The number of pyridine rings is 1. The summed E-state index contributed by atoms with van der Waals surface area (Å²) in [6.07, 6.45) is 7.52. The Morgan fingerprint density at radius 3 is 2.87 bits per heavy atom. The molecule has 2 nitrogen and oxygen atoms in total. The number of ether oxygens (including phenoxy) is 1. The number of aromatic nitrogens is 1. The minimum absolute atomic E-state index is 0.409. The van der Waals surface area contributed by atoms with Crippen LogP contribution in [0.25, 0.3) is 0 Å². The molecule has 0 amide bonds. The molecule has 1 aromatic heterocycles. The van der Waals surface area contributed by atoms with E-state index >= 15 is 0 Å². The second-order valence-electron chi connectivity index (χ2n) is 4.40. The monoisotopic (exact) mass is 205 g/mol. The van der Waals surface area contributed by atoms with Crippen molar-refractivity contribution in [3.8, 4) is 0 Å². The van der Waals surface area contributed by atoms with Gasteiger partial charge in [-0.15, -0.1) is 0 Å². The highest BCUT2D eigenvalue weighted by atomic mass is 16.5. The van der Waals surface area contributed by atoms with E-state index in [-0.39, 0.29) is 0 Å². The van der Waals surface area contributed by atoms with Gasteiger partial charge in [-0.2, -0.15) is 0 Å². The van der Waals surface area contributed by atoms with Crippen molar-refractivity contribution in [3.05, 3.63) is 30.1 Å². The Balaban J connectivity index is 1.79. The van der Waals surface area contributed by atoms with E-state index in [4.69, 9.17) is 4.74 Å². The van der Waals surface area contributed by atoms with Crippen LogP contribution in [0.3, 0.4) is 0 Å². The lowest BCUT2D eigenvalue weighted by Crippen LogP contribution is -2.13. The predicted molar refractivity (Wildman–Crippen MR) is 60.9 cm³/mol. The average Bonchev–Trinajstić information content (AvgIpc) is 2.80. The lowest BCUT2D eigenvalue weighted by atomic mass is 10.1. The van der Waals surface area contributed by atoms with Crippen LogP contribution in [-0.2, 0) is 4.74 Å². The molecular formula is C13H19NO. The van der Waals surface area contributed by atoms with E-state index in [1.165, 1.54) is 25.7 Å². The highest BCUT2D eigenvalue weighted by Gasteiger charge is 2.17. The number of hydrogen-bond donors (Lipinski definition) is 0. The van der Waals surface area contributed by atoms with Crippen LogP contribution >= 0.6 is 0 Å². The minimum Gasteiger partial charge on any atom is -0.378 e. The average molecular weight is 205 g/mol. The molecule has 1 aliphatic carbocycles. The summed E-state index contributed by atoms with van der Waals surface area (Å²) < 4.78 is 5.88. The molecule has 0 spiro atoms. The van der Waals surface area contributed by atoms with Crippen molar-refractivity contribution < 1.29 is 4.74 Å². The van der Waals surface area contributed by atoms with Crippen LogP contribution in [0.4, 0.5) is 0 Å². The van der Waals surface area contributed by atoms with Gasteiger partial charge >= 0.3 is 0 Å². The third-order valence-corrected chi connectivity index (χ3v) is 3.08. The molecule has 1 aliphatic rings. The number of hydrogen-bond acceptors (Lipinski definition) is 2. The third-order valence-electron chi connectivity index (χ3n) is 3.08. The Kier molecular flexibility index (Phi) is 3.73. The lowest BCUT2D eigenvalue weighted by Gasteiger charge is -2.15. The smallest absolute Gasteiger partial charge is 0.0575 e. The van der Waals surface area contributed by atoms with Crippen molar-refractivity contribution in [1.82, 2.24) is 4.98 Å². The largest absolute Gasteiger partial charge is 0.378 e. The Labute approximate surface area is 91.7 Å². The van der Waals surface area contributed by atoms with Gasteiger partial charge in [0.15, 0.2) is 0 Å². The Hall–Kier alpha value is -0.890. The number of nitrogens with zero attached hydrogens (tertiary/aromatic N) is 1. The van der Waals surface area contributed by atoms with Crippen LogP contribution < -0.4 is 0 Å². The zero-order valence-corrected chi connectivity index (χ0v) is 9.36. The topological polar surface area (TPSA) is 22.1 Å². The third kappa shape index (κ3) is 3.03. The van der Waals surface area contributed by atoms with Crippen LogP contribution in [0.5, 0.6) is 0 Å². The summed E-state index contributed by atoms with van der Waals surface area (Å²) in [5.41, 5.74) is 1.13. The fraction of sp³-hybridized carbons (Fsp3) is 0.615. The molecule has 0 bridgehead atoms. The molecule has 0 saturated heterocycles. The van der Waals surface area contributed by atoms with Crippen LogP contribution in [-0.4, -0.2) is 17.7 Å². The molecule has 82 valence electrons. The standard InChI is InChI=1S/C13H19NO/c1-11(13-8-4-5-9-14-13)10-15-12-6-2-3-7-12/h4-5,8-9,11-12H,2-3,6-7,10H2,1H3. The molecule has 0 radical (unpaired) electrons. The maximum absolute atomic E-state index is 5.88. The van der Waals surface area contributed by atoms with E-state index in [0.717, 1.165) is 12.3 Å². The van der Waals surface area contributed by atoms with Crippen molar-refractivity contribution in [3.63, 3.8) is 0 Å². The van der Waals surface area contributed by atoms with E-state index in [1.54, 1.807) is 0 Å². The van der Waals surface area contributed by atoms with Crippen molar-refractivity contribution in [1.29, 1.82) is 0 Å². The molecular weight excluding hydrogens is 186 g/mol. The summed E-state index contributed by atoms with van der Waals surface area (Å²) in [7, 11) is 0. The van der Waals surface area contributed by atoms with Gasteiger partial charge in [0.05, 0.1) is 12.7 Å². The Morgan fingerprint density at radius 2 is 2.20 bits per heavy atom. The van der Waals surface area contributed by atoms with E-state index in [0.29, 0.717) is 12.0 Å². The molecule has 1 fully saturated rings. The summed E-state index contributed by atoms with van der Waals surface area (Å²) in [5.74, 6) is 0.409. The van der Waals surface area contributed by atoms with Gasteiger partial charge in [0.2, 0.25) is 0 Å². The molecule has 0 aromatic carbocycles. The SMILES string of the molecule is CC(COC1CCCC1)c1ccccn1. The molecule has 2 heteroatoms. The summed E-state index contributed by atoms with van der Waals surface area (Å²) in [5, 5.41) is 0. The highest BCUT2D eigenvalue weighted by molar-refractivity contribution is 5.08. The van der Waals surface area contributed by atoms with Crippen LogP contribution in [0.1, 0.15) is 44.2 Å². The first-order chi connectivity index (χ1) is 7.36. The fourth-order valence-electron chi connectivity index (χ4n) is 2.09. The Bertz CT molecular complexity index is 280. The van der Waals surface area contributed by atoms with Gasteiger partial charge in [0.25, 0.3) is 0 Å². The van der Waals surface area contributed by atoms with Crippen LogP contribution in [0, 0.1) is 0 Å². The molecule has 2 rings (SSSR count). The first-order valence-electron chi connectivity index (χ1n) is 5.89. The van der Waals surface area contributed by atoms with Crippen molar-refractivity contribution in [2.24, 2.45) is 0 Å². The van der Waals surface area contributed by atoms with Gasteiger partial charge in [0.1, 0.15) is 0 Å². The van der Waals surface area contributed by atoms with Crippen LogP contribution in [0.15, 0.2) is 24.4 Å². The van der Waals surface area contributed by atoms with Gasteiger partial charge < -0.3 is 4.74 Å². The summed E-state index contributed by atoms with van der Waals surface area (Å²) >= 11 is 0. The second-order valence-corrected chi connectivity index (χ2v) is 4.40. The zero-order chi connectivity index (χ0) is 10.5. The molecule has 1 atom stereocenters. The van der Waals surface area contributed by atoms with Crippen LogP contribution in [0.2, 0.25) is 0 Å². The quantitative estimate of drug-likeness (QED) is 0.753. The zero-order valence-electron chi connectivity index (χ0n) is 9.36. The Morgan fingerprint density at radius 1 is 1.40 bits per heavy atom. The normalized spacial score (nSPS) is 19.3. The molecule has 1 heterocycles. The van der Waals surface area contributed by atoms with E-state index < -0.39 is 0 Å². The summed E-state index contributed by atoms with van der Waals surface area (Å²) in [6, 6.07) is 6.06. The first-order valence-corrected chi connectivity index (χ1v) is 5.89. The molecule has 1 aromatic rings. The maximum Gasteiger partial charge on any atom is 0.0575 e. The van der Waals surface area contributed by atoms with E-state index in [1.807, 2.05) is 18.3 Å². The first kappa shape index (κ1) is 10.6. The van der Waals surface area contributed by atoms with Gasteiger partial charge in [-0.3, -0.25) is 4.98 Å². The van der Waals surface area contributed by atoms with Gasteiger partial charge in [-0.05, 0) is 25.0 Å². The molecule has 0 N–H and O–H groups in total. The van der Waals surface area contributed by atoms with Gasteiger partial charge in [-0.25, -0.2) is 0 Å². The van der Waals surface area contributed by atoms with Crippen molar-refractivity contribution in [2.45, 2.75) is 44.6 Å². The second kappa shape index (κ2) is 5.26. The molecule has 1 unspecified atom stereocenters. The lowest BCUT2D eigenvalue weighted by molar-refractivity contribution is 0.0501. The van der Waals surface area contributed by atoms with E-state index in [9.17, 15) is 0 Å². The molecule has 0 aliphatic heterocycles. The summed E-state index contributed by atoms with van der Waals surface area (Å²) in [6.45, 7) is 2.99. The highest BCUT2D eigenvalue weighted by Crippen LogP contribution is 2.22.